The van der Waals surface area contributed by atoms with Crippen molar-refractivity contribution in [2.75, 3.05) is 24.7 Å². The lowest BCUT2D eigenvalue weighted by molar-refractivity contribution is -0.118. The van der Waals surface area contributed by atoms with Crippen molar-refractivity contribution in [3.8, 4) is 17.0 Å². The van der Waals surface area contributed by atoms with Gasteiger partial charge < -0.3 is 20.3 Å². The van der Waals surface area contributed by atoms with Crippen molar-refractivity contribution in [2.45, 2.75) is 12.5 Å². The molecule has 2 aromatic heterocycles. The lowest BCUT2D eigenvalue weighted by atomic mass is 9.99. The second-order valence-corrected chi connectivity index (χ2v) is 9.76. The van der Waals surface area contributed by atoms with E-state index in [9.17, 15) is 9.59 Å². The first kappa shape index (κ1) is 23.5. The van der Waals surface area contributed by atoms with E-state index in [4.69, 9.17) is 27.9 Å². The highest BCUT2D eigenvalue weighted by Gasteiger charge is 2.29. The van der Waals surface area contributed by atoms with Gasteiger partial charge in [0.1, 0.15) is 5.75 Å². The van der Waals surface area contributed by atoms with Gasteiger partial charge in [-0.2, -0.15) is 0 Å². The number of hydrogen-bond acceptors (Lipinski definition) is 6. The average molecular weight is 534 g/mol. The first-order valence-corrected chi connectivity index (χ1v) is 12.5. The maximum absolute atomic E-state index is 13.7. The molecule has 0 spiro atoms. The molecule has 2 N–H and O–H groups in total. The van der Waals surface area contributed by atoms with Crippen LogP contribution in [0.25, 0.3) is 22.2 Å². The molecule has 1 saturated heterocycles. The van der Waals surface area contributed by atoms with Crippen molar-refractivity contribution in [3.63, 3.8) is 0 Å². The van der Waals surface area contributed by atoms with Crippen molar-refractivity contribution in [1.82, 2.24) is 20.6 Å². The zero-order chi connectivity index (χ0) is 25.5. The number of pyridine rings is 2. The molecule has 2 aromatic carbocycles. The third-order valence-corrected chi connectivity index (χ3v) is 6.96. The van der Waals surface area contributed by atoms with Gasteiger partial charge >= 0.3 is 0 Å². The Morgan fingerprint density at radius 2 is 1.92 bits per heavy atom. The summed E-state index contributed by atoms with van der Waals surface area (Å²) in [6.45, 7) is 0.908. The molecule has 4 aromatic rings. The molecule has 0 bridgehead atoms. The predicted molar refractivity (Wildman–Crippen MR) is 142 cm³/mol. The molecule has 8 nitrogen and oxygen atoms in total. The minimum absolute atomic E-state index is 0.120. The number of para-hydroxylation sites is 1. The van der Waals surface area contributed by atoms with Gasteiger partial charge in [0.05, 0.1) is 48.3 Å². The topological polar surface area (TPSA) is 96.5 Å². The summed E-state index contributed by atoms with van der Waals surface area (Å²) in [6.07, 6.45) is 3.84. The highest BCUT2D eigenvalue weighted by molar-refractivity contribution is 6.35. The van der Waals surface area contributed by atoms with Crippen LogP contribution in [-0.2, 0) is 4.79 Å². The van der Waals surface area contributed by atoms with E-state index in [-0.39, 0.29) is 31.1 Å². The molecular weight excluding hydrogens is 513 g/mol. The van der Waals surface area contributed by atoms with E-state index < -0.39 is 0 Å². The number of nitrogens with one attached hydrogen (secondary N) is 2. The van der Waals surface area contributed by atoms with Crippen LogP contribution in [0.1, 0.15) is 28.4 Å². The number of ether oxygens (including phenoxy) is 1. The Bertz CT molecular complexity index is 1540. The van der Waals surface area contributed by atoms with Crippen LogP contribution < -0.4 is 20.3 Å². The Labute approximate surface area is 222 Å². The van der Waals surface area contributed by atoms with E-state index >= 15 is 0 Å². The number of benzene rings is 2. The van der Waals surface area contributed by atoms with E-state index in [1.54, 1.807) is 36.7 Å². The second kappa shape index (κ2) is 9.53. The molecule has 0 saturated carbocycles. The standard InChI is InChI=1S/C27H21Cl2N5O3/c28-16-9-15(10-17(29)11-16)24-25-19(5-7-30-24)26(34-13-23(35)32-14-34)20(12-31-25)27(36)33-21-6-8-37-22-4-2-1-3-18(21)22/h1-5,7,9-12,21H,6,8,13-14H2,(H,32,35)(H,33,36)/t21-/m0/s1. The van der Waals surface area contributed by atoms with Crippen molar-refractivity contribution < 1.29 is 14.3 Å². The monoisotopic (exact) mass is 533 g/mol. The largest absolute Gasteiger partial charge is 0.493 e. The third-order valence-electron chi connectivity index (χ3n) is 6.52. The molecule has 0 radical (unpaired) electrons. The molecule has 186 valence electrons. The fraction of sp³-hybridized carbons (Fsp3) is 0.185. The molecule has 1 atom stereocenters. The van der Waals surface area contributed by atoms with Gasteiger partial charge in [0.2, 0.25) is 5.91 Å². The SMILES string of the molecule is O=C1CN(c2c(C(=O)N[C@H]3CCOc4ccccc43)cnc3c(-c4cc(Cl)cc(Cl)c4)nccc23)CN1. The highest BCUT2D eigenvalue weighted by atomic mass is 35.5. The maximum atomic E-state index is 13.7. The Morgan fingerprint density at radius 3 is 2.70 bits per heavy atom. The first-order valence-electron chi connectivity index (χ1n) is 11.8. The normalized spacial score (nSPS) is 16.8. The number of aromatic nitrogens is 2. The van der Waals surface area contributed by atoms with E-state index in [0.29, 0.717) is 56.5 Å². The summed E-state index contributed by atoms with van der Waals surface area (Å²) >= 11 is 12.5. The quantitative estimate of drug-likeness (QED) is 0.393. The summed E-state index contributed by atoms with van der Waals surface area (Å²) in [6, 6.07) is 14.5. The van der Waals surface area contributed by atoms with Gasteiger partial charge in [0.15, 0.2) is 0 Å². The number of halogens is 2. The first-order chi connectivity index (χ1) is 18.0. The summed E-state index contributed by atoms with van der Waals surface area (Å²) in [4.78, 5) is 36.9. The fourth-order valence-electron chi connectivity index (χ4n) is 4.87. The van der Waals surface area contributed by atoms with Gasteiger partial charge in [0, 0.05) is 45.4 Å². The molecule has 4 heterocycles. The van der Waals surface area contributed by atoms with Crippen LogP contribution in [0.3, 0.4) is 0 Å². The van der Waals surface area contributed by atoms with Gasteiger partial charge in [-0.25, -0.2) is 0 Å². The number of nitrogens with zero attached hydrogens (tertiary/aromatic N) is 3. The third kappa shape index (κ3) is 4.43. The molecule has 37 heavy (non-hydrogen) atoms. The van der Waals surface area contributed by atoms with Crippen LogP contribution >= 0.6 is 23.2 Å². The summed E-state index contributed by atoms with van der Waals surface area (Å²) < 4.78 is 5.74. The molecule has 2 aliphatic rings. The Kier molecular flexibility index (Phi) is 6.06. The fourth-order valence-corrected chi connectivity index (χ4v) is 5.40. The second-order valence-electron chi connectivity index (χ2n) is 8.89. The maximum Gasteiger partial charge on any atom is 0.255 e. The Balaban J connectivity index is 1.46. The van der Waals surface area contributed by atoms with Crippen LogP contribution in [0.4, 0.5) is 5.69 Å². The zero-order valence-electron chi connectivity index (χ0n) is 19.5. The number of fused-ring (bicyclic) bond motifs is 2. The number of carbonyl (C=O) groups is 2. The summed E-state index contributed by atoms with van der Waals surface area (Å²) in [5.74, 6) is 0.362. The van der Waals surface area contributed by atoms with Crippen LogP contribution in [0.15, 0.2) is 60.9 Å². The lowest BCUT2D eigenvalue weighted by Gasteiger charge is -2.28. The van der Waals surface area contributed by atoms with Gasteiger partial charge in [0.25, 0.3) is 5.91 Å². The Morgan fingerprint density at radius 1 is 1.11 bits per heavy atom. The van der Waals surface area contributed by atoms with Gasteiger partial charge in [-0.1, -0.05) is 41.4 Å². The van der Waals surface area contributed by atoms with Crippen LogP contribution in [0, 0.1) is 0 Å². The number of carbonyl (C=O) groups excluding carboxylic acids is 2. The number of amides is 2. The molecule has 6 rings (SSSR count). The molecular formula is C27H21Cl2N5O3. The number of rotatable bonds is 4. The number of hydrogen-bond donors (Lipinski definition) is 2. The van der Waals surface area contributed by atoms with Gasteiger partial charge in [-0.05, 0) is 30.3 Å². The number of anilines is 1. The van der Waals surface area contributed by atoms with E-state index in [1.807, 2.05) is 29.2 Å². The van der Waals surface area contributed by atoms with Crippen molar-refractivity contribution >= 4 is 51.6 Å². The minimum Gasteiger partial charge on any atom is -0.493 e. The summed E-state index contributed by atoms with van der Waals surface area (Å²) in [7, 11) is 0. The van der Waals surface area contributed by atoms with Gasteiger partial charge in [-0.3, -0.25) is 19.6 Å². The van der Waals surface area contributed by atoms with Gasteiger partial charge in [-0.15, -0.1) is 0 Å². The minimum atomic E-state index is -0.283. The predicted octanol–water partition coefficient (Wildman–Crippen LogP) is 4.75. The Hall–Kier alpha value is -3.88. The molecule has 2 aliphatic heterocycles. The van der Waals surface area contributed by atoms with Crippen LogP contribution in [0.2, 0.25) is 10.0 Å². The van der Waals surface area contributed by atoms with Crippen LogP contribution in [0.5, 0.6) is 5.75 Å². The summed E-state index contributed by atoms with van der Waals surface area (Å²) in [5, 5.41) is 7.62. The van der Waals surface area contributed by atoms with Crippen molar-refractivity contribution in [2.24, 2.45) is 0 Å². The highest BCUT2D eigenvalue weighted by Crippen LogP contribution is 2.37. The van der Waals surface area contributed by atoms with Crippen molar-refractivity contribution in [1.29, 1.82) is 0 Å². The van der Waals surface area contributed by atoms with E-state index in [2.05, 4.69) is 20.6 Å². The average Bonchev–Trinajstić information content (AvgIpc) is 3.33. The molecule has 10 heteroatoms. The summed E-state index contributed by atoms with van der Waals surface area (Å²) in [5.41, 5.74) is 3.76. The van der Waals surface area contributed by atoms with Crippen molar-refractivity contribution in [3.05, 3.63) is 82.1 Å². The smallest absolute Gasteiger partial charge is 0.255 e. The molecule has 0 aliphatic carbocycles. The molecule has 0 unspecified atom stereocenters. The lowest BCUT2D eigenvalue weighted by Crippen LogP contribution is -2.34. The van der Waals surface area contributed by atoms with Crippen LogP contribution in [-0.4, -0.2) is 41.6 Å². The molecule has 2 amide bonds. The van der Waals surface area contributed by atoms with E-state index in [1.165, 1.54) is 0 Å². The molecule has 1 fully saturated rings. The van der Waals surface area contributed by atoms with E-state index in [0.717, 1.165) is 11.3 Å². The zero-order valence-corrected chi connectivity index (χ0v) is 21.0.